The Bertz CT molecular complexity index is 1900. The highest BCUT2D eigenvalue weighted by atomic mass is 16.5. The molecule has 226 valence electrons. The Kier molecular flexibility index (Phi) is 7.01. The summed E-state index contributed by atoms with van der Waals surface area (Å²) < 4.78 is 9.57. The molecule has 0 atom stereocenters. The van der Waals surface area contributed by atoms with Crippen LogP contribution in [0.15, 0.2) is 60.9 Å². The number of hydrogen-bond acceptors (Lipinski definition) is 10. The van der Waals surface area contributed by atoms with Crippen molar-refractivity contribution in [1.29, 1.82) is 0 Å². The lowest BCUT2D eigenvalue weighted by Gasteiger charge is -2.33. The molecule has 0 bridgehead atoms. The number of nitrogens with zero attached hydrogens (tertiary/aromatic N) is 8. The Balaban J connectivity index is 1.15. The number of benzene rings is 1. The number of aryl methyl sites for hydroxylation is 1. The molecule has 2 aliphatic rings. The van der Waals surface area contributed by atoms with Gasteiger partial charge in [0.15, 0.2) is 5.65 Å². The number of aromatic nitrogens is 6. The number of carbonyl (C=O) groups excluding carboxylic acids is 1. The van der Waals surface area contributed by atoms with Crippen LogP contribution in [-0.2, 0) is 7.05 Å². The number of carbonyl (C=O) groups is 1. The lowest BCUT2D eigenvalue weighted by molar-refractivity contribution is 0.101. The minimum Gasteiger partial charge on any atom is -0.495 e. The van der Waals surface area contributed by atoms with E-state index in [0.29, 0.717) is 34.0 Å². The van der Waals surface area contributed by atoms with Gasteiger partial charge in [0.25, 0.3) is 5.91 Å². The van der Waals surface area contributed by atoms with Gasteiger partial charge in [-0.05, 0) is 37.1 Å². The molecule has 4 N–H and O–H groups in total. The van der Waals surface area contributed by atoms with Gasteiger partial charge >= 0.3 is 0 Å². The summed E-state index contributed by atoms with van der Waals surface area (Å²) in [6.07, 6.45) is 8.95. The lowest BCUT2D eigenvalue weighted by Crippen LogP contribution is -2.37. The number of pyridine rings is 1. The Labute approximate surface area is 254 Å². The average molecular weight is 594 g/mol. The Morgan fingerprint density at radius 2 is 2.00 bits per heavy atom. The molecule has 13 heteroatoms. The summed E-state index contributed by atoms with van der Waals surface area (Å²) in [7, 11) is 5.54. The van der Waals surface area contributed by atoms with Crippen molar-refractivity contribution < 1.29 is 9.53 Å². The van der Waals surface area contributed by atoms with Gasteiger partial charge in [-0.3, -0.25) is 14.7 Å². The van der Waals surface area contributed by atoms with Crippen LogP contribution in [0, 0.1) is 0 Å². The minimum atomic E-state index is -0.249. The highest BCUT2D eigenvalue weighted by Gasteiger charge is 2.27. The number of likely N-dealkylation sites (N-methyl/N-ethyl adjacent to an activating group) is 1. The van der Waals surface area contributed by atoms with Gasteiger partial charge in [0.2, 0.25) is 0 Å². The second kappa shape index (κ2) is 11.2. The van der Waals surface area contributed by atoms with Gasteiger partial charge in [0, 0.05) is 62.8 Å². The third kappa shape index (κ3) is 4.84. The number of amides is 1. The zero-order chi connectivity index (χ0) is 30.4. The zero-order valence-corrected chi connectivity index (χ0v) is 25.0. The smallest absolute Gasteiger partial charge is 0.272 e. The summed E-state index contributed by atoms with van der Waals surface area (Å²) in [4.78, 5) is 31.1. The summed E-state index contributed by atoms with van der Waals surface area (Å²) in [6, 6.07) is 9.51. The number of fused-ring (bicyclic) bond motifs is 2. The molecule has 0 aliphatic carbocycles. The van der Waals surface area contributed by atoms with Crippen LogP contribution in [-0.4, -0.2) is 85.5 Å². The second-order valence-electron chi connectivity index (χ2n) is 11.3. The zero-order valence-electron chi connectivity index (χ0n) is 25.0. The average Bonchev–Trinajstić information content (AvgIpc) is 3.73. The summed E-state index contributed by atoms with van der Waals surface area (Å²) >= 11 is 0. The summed E-state index contributed by atoms with van der Waals surface area (Å²) in [6.45, 7) is 3.71. The SMILES string of the molecule is COc1cc(-c2nn(C3CCN(CC4=CNCN4C)CC3)c3ncnc(N)c23)ccc1NC(=O)c1cc2ccncc2n1C. The van der Waals surface area contributed by atoms with E-state index < -0.39 is 0 Å². The third-order valence-corrected chi connectivity index (χ3v) is 8.70. The molecule has 0 radical (unpaired) electrons. The molecular weight excluding hydrogens is 558 g/mol. The van der Waals surface area contributed by atoms with Crippen LogP contribution in [0.1, 0.15) is 29.4 Å². The molecule has 4 aromatic heterocycles. The molecule has 1 fully saturated rings. The molecule has 2 aliphatic heterocycles. The molecule has 7 rings (SSSR count). The summed E-state index contributed by atoms with van der Waals surface area (Å²) in [5.41, 5.74) is 11.9. The maximum atomic E-state index is 13.3. The van der Waals surface area contributed by atoms with Crippen LogP contribution in [0.3, 0.4) is 0 Å². The number of likely N-dealkylation sites (tertiary alicyclic amines) is 1. The Morgan fingerprint density at radius 3 is 2.75 bits per heavy atom. The van der Waals surface area contributed by atoms with E-state index in [1.807, 2.05) is 46.6 Å². The highest BCUT2D eigenvalue weighted by Crippen LogP contribution is 2.37. The third-order valence-electron chi connectivity index (χ3n) is 8.70. The number of hydrogen-bond donors (Lipinski definition) is 3. The molecule has 0 saturated carbocycles. The van der Waals surface area contributed by atoms with Gasteiger partial charge < -0.3 is 30.6 Å². The molecule has 0 unspecified atom stereocenters. The van der Waals surface area contributed by atoms with E-state index in [-0.39, 0.29) is 11.9 Å². The van der Waals surface area contributed by atoms with E-state index in [1.165, 1.54) is 12.0 Å². The first-order valence-corrected chi connectivity index (χ1v) is 14.6. The number of anilines is 2. The van der Waals surface area contributed by atoms with Crippen molar-refractivity contribution in [3.05, 3.63) is 66.6 Å². The number of methoxy groups -OCH3 is 1. The van der Waals surface area contributed by atoms with Crippen molar-refractivity contribution in [3.63, 3.8) is 0 Å². The van der Waals surface area contributed by atoms with E-state index in [9.17, 15) is 4.79 Å². The molecule has 6 heterocycles. The topological polar surface area (TPSA) is 144 Å². The summed E-state index contributed by atoms with van der Waals surface area (Å²) in [5.74, 6) is 0.628. The molecule has 5 aromatic rings. The first-order valence-electron chi connectivity index (χ1n) is 14.6. The van der Waals surface area contributed by atoms with Gasteiger partial charge in [0.05, 0.1) is 42.6 Å². The van der Waals surface area contributed by atoms with Crippen LogP contribution in [0.2, 0.25) is 0 Å². The number of nitrogens with two attached hydrogens (primary N) is 1. The molecule has 0 spiro atoms. The highest BCUT2D eigenvalue weighted by molar-refractivity contribution is 6.07. The van der Waals surface area contributed by atoms with E-state index >= 15 is 0 Å². The molecule has 13 nitrogen and oxygen atoms in total. The monoisotopic (exact) mass is 593 g/mol. The van der Waals surface area contributed by atoms with Crippen LogP contribution < -0.4 is 21.1 Å². The van der Waals surface area contributed by atoms with E-state index in [2.05, 4.69) is 48.6 Å². The number of nitrogen functional groups attached to an aromatic ring is 1. The van der Waals surface area contributed by atoms with Crippen molar-refractivity contribution in [2.75, 3.05) is 51.5 Å². The van der Waals surface area contributed by atoms with E-state index in [0.717, 1.165) is 61.3 Å². The van der Waals surface area contributed by atoms with Crippen molar-refractivity contribution in [2.24, 2.45) is 7.05 Å². The Hall–Kier alpha value is -5.17. The second-order valence-corrected chi connectivity index (χ2v) is 11.3. The standard InChI is InChI=1S/C31H35N11O2/c1-39-18-34-14-22(39)16-41-10-7-21(8-11-41)42-30-27(29(32)35-17-36-30)28(38-42)20-4-5-23(26(13-20)44-3)37-31(43)24-12-19-6-9-33-15-25(19)40(24)2/h4-6,9,12-15,17,21,34H,7-8,10-11,16,18H2,1-3H3,(H,37,43)(H2,32,35,36). The van der Waals surface area contributed by atoms with Gasteiger partial charge in [-0.25, -0.2) is 14.6 Å². The first kappa shape index (κ1) is 27.7. The van der Waals surface area contributed by atoms with Crippen molar-refractivity contribution >= 4 is 39.3 Å². The van der Waals surface area contributed by atoms with E-state index in [4.69, 9.17) is 15.6 Å². The first-order chi connectivity index (χ1) is 21.4. The molecular formula is C31H35N11O2. The fourth-order valence-corrected chi connectivity index (χ4v) is 6.20. The Morgan fingerprint density at radius 1 is 1.16 bits per heavy atom. The summed E-state index contributed by atoms with van der Waals surface area (Å²) in [5, 5.41) is 13.0. The predicted molar refractivity (Wildman–Crippen MR) is 169 cm³/mol. The lowest BCUT2D eigenvalue weighted by atomic mass is 10.0. The van der Waals surface area contributed by atoms with Crippen LogP contribution in [0.25, 0.3) is 33.2 Å². The number of piperidine rings is 1. The molecule has 1 saturated heterocycles. The van der Waals surface area contributed by atoms with Crippen molar-refractivity contribution in [2.45, 2.75) is 18.9 Å². The van der Waals surface area contributed by atoms with Crippen LogP contribution in [0.4, 0.5) is 11.5 Å². The van der Waals surface area contributed by atoms with Crippen LogP contribution in [0.5, 0.6) is 5.75 Å². The molecule has 1 aromatic carbocycles. The van der Waals surface area contributed by atoms with Gasteiger partial charge in [0.1, 0.15) is 29.3 Å². The number of nitrogens with one attached hydrogen (secondary N) is 2. The minimum absolute atomic E-state index is 0.182. The van der Waals surface area contributed by atoms with E-state index in [1.54, 1.807) is 19.5 Å². The number of ether oxygens (including phenoxy) is 1. The van der Waals surface area contributed by atoms with Crippen LogP contribution >= 0.6 is 0 Å². The van der Waals surface area contributed by atoms with Gasteiger partial charge in [-0.1, -0.05) is 6.07 Å². The maximum absolute atomic E-state index is 13.3. The van der Waals surface area contributed by atoms with Gasteiger partial charge in [-0.15, -0.1) is 0 Å². The predicted octanol–water partition coefficient (Wildman–Crippen LogP) is 3.19. The molecule has 1 amide bonds. The maximum Gasteiger partial charge on any atom is 0.272 e. The van der Waals surface area contributed by atoms with Crippen molar-refractivity contribution in [1.82, 2.24) is 44.4 Å². The fourth-order valence-electron chi connectivity index (χ4n) is 6.20. The normalized spacial score (nSPS) is 16.0. The largest absolute Gasteiger partial charge is 0.495 e. The number of rotatable bonds is 7. The fraction of sp³-hybridized carbons (Fsp3) is 0.323. The quantitative estimate of drug-likeness (QED) is 0.257. The van der Waals surface area contributed by atoms with Crippen molar-refractivity contribution in [3.8, 4) is 17.0 Å². The van der Waals surface area contributed by atoms with Gasteiger partial charge in [-0.2, -0.15) is 5.10 Å². The molecule has 44 heavy (non-hydrogen) atoms.